The van der Waals surface area contributed by atoms with E-state index in [1.54, 1.807) is 0 Å². The lowest BCUT2D eigenvalue weighted by Gasteiger charge is -2.22. The minimum atomic E-state index is 0.147. The van der Waals surface area contributed by atoms with Gasteiger partial charge in [0.25, 0.3) is 0 Å². The molecule has 0 saturated carbocycles. The zero-order valence-electron chi connectivity index (χ0n) is 8.20. The fraction of sp³-hybridized carbons (Fsp3) is 1.00. The Hall–Kier alpha value is 1.68. The van der Waals surface area contributed by atoms with Gasteiger partial charge in [0.15, 0.2) is 0 Å². The first-order valence-electron chi connectivity index (χ1n) is 4.87. The monoisotopic (exact) mass is 256 g/mol. The summed E-state index contributed by atoms with van der Waals surface area (Å²) in [6, 6.07) is 0. The van der Waals surface area contributed by atoms with Gasteiger partial charge in [-0.3, -0.25) is 0 Å². The SMILES string of the molecule is CCCCC1COCC1P(P)PP. The van der Waals surface area contributed by atoms with Gasteiger partial charge in [0.1, 0.15) is 0 Å². The summed E-state index contributed by atoms with van der Waals surface area (Å²) in [6.07, 6.45) is 4.07. The van der Waals surface area contributed by atoms with Crippen molar-refractivity contribution in [3.05, 3.63) is 0 Å². The van der Waals surface area contributed by atoms with Gasteiger partial charge in [-0.2, -0.15) is 0 Å². The molecule has 5 heteroatoms. The van der Waals surface area contributed by atoms with E-state index in [2.05, 4.69) is 24.8 Å². The van der Waals surface area contributed by atoms with Gasteiger partial charge in [-0.05, 0) is 12.3 Å². The number of unbranched alkanes of at least 4 members (excludes halogenated alkanes) is 1. The molecule has 78 valence electrons. The maximum Gasteiger partial charge on any atom is 0.0543 e. The normalized spacial score (nSPS) is 31.6. The molecule has 0 aromatic carbocycles. The minimum absolute atomic E-state index is 0.147. The number of rotatable bonds is 5. The standard InChI is InChI=1S/C8H20OP4/c1-2-3-4-7-5-9-6-8(7)13(11)12-10/h7-8,12H,2-6,10-11H2,1H3. The van der Waals surface area contributed by atoms with Crippen LogP contribution in [0, 0.1) is 5.92 Å². The fourth-order valence-corrected chi connectivity index (χ4v) is 7.02. The summed E-state index contributed by atoms with van der Waals surface area (Å²) in [5, 5.41) is 0. The molecule has 0 aliphatic carbocycles. The lowest BCUT2D eigenvalue weighted by Crippen LogP contribution is -2.13. The van der Waals surface area contributed by atoms with Gasteiger partial charge in [0.05, 0.1) is 13.2 Å². The Morgan fingerprint density at radius 1 is 1.54 bits per heavy atom. The Bertz CT molecular complexity index is 144. The number of hydrogen-bond donors (Lipinski definition) is 0. The summed E-state index contributed by atoms with van der Waals surface area (Å²) in [5.74, 6) is 0.858. The third kappa shape index (κ3) is 3.97. The van der Waals surface area contributed by atoms with Crippen molar-refractivity contribution in [2.75, 3.05) is 13.2 Å². The average Bonchev–Trinajstić information content (AvgIpc) is 2.61. The molecular weight excluding hydrogens is 236 g/mol. The quantitative estimate of drug-likeness (QED) is 0.679. The van der Waals surface area contributed by atoms with E-state index < -0.39 is 0 Å². The van der Waals surface area contributed by atoms with E-state index >= 15 is 0 Å². The smallest absolute Gasteiger partial charge is 0.0543 e. The largest absolute Gasteiger partial charge is 0.380 e. The van der Waals surface area contributed by atoms with Crippen molar-refractivity contribution in [1.29, 1.82) is 0 Å². The second-order valence-electron chi connectivity index (χ2n) is 3.54. The summed E-state index contributed by atoms with van der Waals surface area (Å²) in [5.41, 5.74) is 0.863. The Balaban J connectivity index is 2.34. The predicted molar refractivity (Wildman–Crippen MR) is 72.3 cm³/mol. The Kier molecular flexibility index (Phi) is 6.90. The highest BCUT2D eigenvalue weighted by atomic mass is 32.6. The Morgan fingerprint density at radius 3 is 2.92 bits per heavy atom. The van der Waals surface area contributed by atoms with Crippen molar-refractivity contribution in [2.45, 2.75) is 31.8 Å². The number of hydrogen-bond acceptors (Lipinski definition) is 1. The van der Waals surface area contributed by atoms with Crippen molar-refractivity contribution < 1.29 is 4.74 Å². The summed E-state index contributed by atoms with van der Waals surface area (Å²) in [6.45, 7) is 4.31. The Morgan fingerprint density at radius 2 is 2.31 bits per heavy atom. The zero-order valence-corrected chi connectivity index (χ0v) is 12.4. The van der Waals surface area contributed by atoms with Crippen molar-refractivity contribution >= 4 is 33.1 Å². The fourth-order valence-electron chi connectivity index (χ4n) is 1.73. The first-order chi connectivity index (χ1) is 6.29. The molecule has 1 saturated heterocycles. The summed E-state index contributed by atoms with van der Waals surface area (Å²) < 4.78 is 5.59. The molecule has 1 aliphatic rings. The molecule has 0 amide bonds. The third-order valence-electron chi connectivity index (χ3n) is 2.60. The van der Waals surface area contributed by atoms with E-state index in [1.165, 1.54) is 19.3 Å². The van der Waals surface area contributed by atoms with Crippen LogP contribution < -0.4 is 0 Å². The van der Waals surface area contributed by atoms with Gasteiger partial charge in [-0.1, -0.05) is 35.0 Å². The van der Waals surface area contributed by atoms with Gasteiger partial charge in [0.2, 0.25) is 0 Å². The van der Waals surface area contributed by atoms with Crippen LogP contribution in [0.1, 0.15) is 26.2 Å². The molecule has 1 aliphatic heterocycles. The van der Waals surface area contributed by atoms with Crippen LogP contribution >= 0.6 is 33.1 Å². The second-order valence-corrected chi connectivity index (χ2v) is 13.1. The highest BCUT2D eigenvalue weighted by molar-refractivity contribution is 8.61. The molecule has 0 bridgehead atoms. The maximum absolute atomic E-state index is 5.59. The lowest BCUT2D eigenvalue weighted by molar-refractivity contribution is 0.184. The van der Waals surface area contributed by atoms with Crippen LogP contribution in [0.5, 0.6) is 0 Å². The van der Waals surface area contributed by atoms with E-state index in [1.807, 2.05) is 0 Å². The lowest BCUT2D eigenvalue weighted by atomic mass is 10.0. The predicted octanol–water partition coefficient (Wildman–Crippen LogP) is 3.85. The van der Waals surface area contributed by atoms with Crippen LogP contribution in [0.25, 0.3) is 0 Å². The molecule has 13 heavy (non-hydrogen) atoms. The molecule has 1 heterocycles. The van der Waals surface area contributed by atoms with Gasteiger partial charge >= 0.3 is 0 Å². The van der Waals surface area contributed by atoms with Crippen molar-refractivity contribution in [1.82, 2.24) is 0 Å². The first-order valence-corrected chi connectivity index (χ1v) is 11.6. The van der Waals surface area contributed by atoms with E-state index in [0.29, 0.717) is 0 Å². The molecule has 0 aromatic rings. The molecule has 0 aromatic heterocycles. The van der Waals surface area contributed by atoms with Crippen LogP contribution in [0.3, 0.4) is 0 Å². The van der Waals surface area contributed by atoms with Gasteiger partial charge in [-0.25, -0.2) is 0 Å². The molecular formula is C8H20OP4. The van der Waals surface area contributed by atoms with E-state index in [-0.39, 0.29) is 7.30 Å². The summed E-state index contributed by atoms with van der Waals surface area (Å²) in [7, 11) is 7.11. The minimum Gasteiger partial charge on any atom is -0.380 e. The summed E-state index contributed by atoms with van der Waals surface area (Å²) >= 11 is 0. The van der Waals surface area contributed by atoms with Gasteiger partial charge in [-0.15, -0.1) is 17.9 Å². The van der Waals surface area contributed by atoms with Crippen LogP contribution in [0.15, 0.2) is 0 Å². The Labute approximate surface area is 89.2 Å². The molecule has 1 fully saturated rings. The van der Waals surface area contributed by atoms with Crippen LogP contribution in [0.4, 0.5) is 0 Å². The molecule has 1 nitrogen and oxygen atoms in total. The molecule has 1 rings (SSSR count). The molecule has 6 atom stereocenters. The highest BCUT2D eigenvalue weighted by Crippen LogP contribution is 2.71. The molecule has 0 radical (unpaired) electrons. The molecule has 6 unspecified atom stereocenters. The van der Waals surface area contributed by atoms with Crippen molar-refractivity contribution in [2.24, 2.45) is 5.92 Å². The zero-order chi connectivity index (χ0) is 9.68. The van der Waals surface area contributed by atoms with Crippen molar-refractivity contribution in [3.8, 4) is 0 Å². The van der Waals surface area contributed by atoms with E-state index in [9.17, 15) is 0 Å². The van der Waals surface area contributed by atoms with E-state index in [0.717, 1.165) is 32.7 Å². The molecule has 0 spiro atoms. The van der Waals surface area contributed by atoms with Gasteiger partial charge < -0.3 is 4.74 Å². The van der Waals surface area contributed by atoms with Crippen LogP contribution in [0.2, 0.25) is 0 Å². The van der Waals surface area contributed by atoms with Crippen LogP contribution in [-0.2, 0) is 4.74 Å². The topological polar surface area (TPSA) is 9.23 Å². The maximum atomic E-state index is 5.59. The highest BCUT2D eigenvalue weighted by Gasteiger charge is 2.31. The summed E-state index contributed by atoms with van der Waals surface area (Å²) in [4.78, 5) is 0. The van der Waals surface area contributed by atoms with Crippen LogP contribution in [-0.4, -0.2) is 18.9 Å². The second kappa shape index (κ2) is 7.04. The number of ether oxygens (including phenoxy) is 1. The van der Waals surface area contributed by atoms with Crippen molar-refractivity contribution in [3.63, 3.8) is 0 Å². The molecule has 0 N–H and O–H groups in total. The first kappa shape index (κ1) is 12.7. The third-order valence-corrected chi connectivity index (χ3v) is 13.9. The van der Waals surface area contributed by atoms with Gasteiger partial charge in [0, 0.05) is 5.66 Å². The average molecular weight is 256 g/mol. The van der Waals surface area contributed by atoms with E-state index in [4.69, 9.17) is 4.74 Å².